The fourth-order valence-corrected chi connectivity index (χ4v) is 2.15. The Balaban J connectivity index is 2.47. The number of hydrogen-bond donors (Lipinski definition) is 1. The van der Waals surface area contributed by atoms with Crippen LogP contribution in [0, 0.1) is 17.0 Å². The third-order valence-electron chi connectivity index (χ3n) is 2.65. The molecule has 0 bridgehead atoms. The van der Waals surface area contributed by atoms with Crippen molar-refractivity contribution in [2.75, 3.05) is 12.4 Å². The molecule has 0 aliphatic carbocycles. The van der Waals surface area contributed by atoms with Gasteiger partial charge in [0.15, 0.2) is 0 Å². The number of nitro benzene ring substituents is 1. The molecule has 6 nitrogen and oxygen atoms in total. The number of anilines is 1. The number of ether oxygens (including phenoxy) is 1. The minimum Gasteiger partial charge on any atom is -0.430 e. The summed E-state index contributed by atoms with van der Waals surface area (Å²) in [6.07, 6.45) is 0. The molecule has 2 rings (SSSR count). The highest BCUT2D eigenvalue weighted by Gasteiger charge is 2.18. The molecule has 1 aromatic heterocycles. The topological polar surface area (TPSA) is 77.3 Å². The van der Waals surface area contributed by atoms with E-state index >= 15 is 0 Å². The lowest BCUT2D eigenvalue weighted by molar-refractivity contribution is -0.385. The van der Waals surface area contributed by atoms with Crippen LogP contribution in [0.4, 0.5) is 11.5 Å². The fourth-order valence-electron chi connectivity index (χ4n) is 1.65. The van der Waals surface area contributed by atoms with Crippen molar-refractivity contribution in [1.82, 2.24) is 4.98 Å². The summed E-state index contributed by atoms with van der Waals surface area (Å²) in [4.78, 5) is 14.6. The number of hydrogen-bond acceptors (Lipinski definition) is 5. The quantitative estimate of drug-likeness (QED) is 0.663. The maximum Gasteiger partial charge on any atom is 0.311 e. The molecule has 1 heterocycles. The third kappa shape index (κ3) is 3.34. The second kappa shape index (κ2) is 6.15. The van der Waals surface area contributed by atoms with Crippen LogP contribution in [0.3, 0.4) is 0 Å². The van der Waals surface area contributed by atoms with Crippen LogP contribution < -0.4 is 10.1 Å². The third-order valence-corrected chi connectivity index (χ3v) is 3.21. The second-order valence-electron chi connectivity index (χ2n) is 4.19. The van der Waals surface area contributed by atoms with Gasteiger partial charge in [-0.3, -0.25) is 10.1 Å². The number of benzene rings is 1. The van der Waals surface area contributed by atoms with E-state index in [1.54, 1.807) is 26.1 Å². The van der Waals surface area contributed by atoms with E-state index in [1.165, 1.54) is 12.1 Å². The Labute approximate surface area is 130 Å². The van der Waals surface area contributed by atoms with Crippen LogP contribution in [-0.2, 0) is 0 Å². The molecule has 2 aromatic rings. The van der Waals surface area contributed by atoms with Crippen molar-refractivity contribution in [3.63, 3.8) is 0 Å². The monoisotopic (exact) mass is 327 g/mol. The fraction of sp³-hybridized carbons (Fsp3) is 0.154. The Morgan fingerprint density at radius 3 is 2.62 bits per heavy atom. The molecule has 21 heavy (non-hydrogen) atoms. The first-order valence-corrected chi connectivity index (χ1v) is 6.64. The highest BCUT2D eigenvalue weighted by molar-refractivity contribution is 6.36. The van der Waals surface area contributed by atoms with E-state index in [9.17, 15) is 10.1 Å². The van der Waals surface area contributed by atoms with Crippen molar-refractivity contribution >= 4 is 34.7 Å². The van der Waals surface area contributed by atoms with E-state index in [-0.39, 0.29) is 22.3 Å². The van der Waals surface area contributed by atoms with E-state index in [1.807, 2.05) is 0 Å². The summed E-state index contributed by atoms with van der Waals surface area (Å²) >= 11 is 11.9. The lowest BCUT2D eigenvalue weighted by atomic mass is 10.2. The van der Waals surface area contributed by atoms with E-state index in [0.29, 0.717) is 10.8 Å². The molecule has 0 fully saturated rings. The van der Waals surface area contributed by atoms with Crippen molar-refractivity contribution < 1.29 is 9.66 Å². The van der Waals surface area contributed by atoms with Gasteiger partial charge in [-0.1, -0.05) is 29.3 Å². The molecule has 0 unspecified atom stereocenters. The van der Waals surface area contributed by atoms with Crippen LogP contribution in [0.5, 0.6) is 11.6 Å². The van der Waals surface area contributed by atoms with Crippen LogP contribution in [0.2, 0.25) is 10.0 Å². The molecule has 110 valence electrons. The van der Waals surface area contributed by atoms with Crippen LogP contribution in [0.1, 0.15) is 5.56 Å². The van der Waals surface area contributed by atoms with Gasteiger partial charge in [0.2, 0.25) is 11.6 Å². The maximum atomic E-state index is 11.0. The van der Waals surface area contributed by atoms with Gasteiger partial charge in [-0.25, -0.2) is 0 Å². The number of nitrogens with zero attached hydrogens (tertiary/aromatic N) is 2. The predicted octanol–water partition coefficient (Wildman–Crippen LogP) is 4.44. The van der Waals surface area contributed by atoms with E-state index < -0.39 is 4.92 Å². The average molecular weight is 328 g/mol. The Morgan fingerprint density at radius 2 is 2.00 bits per heavy atom. The summed E-state index contributed by atoms with van der Waals surface area (Å²) in [5.41, 5.74) is 0.647. The lowest BCUT2D eigenvalue weighted by Crippen LogP contribution is -1.99. The molecule has 1 aromatic carbocycles. The Morgan fingerprint density at radius 1 is 1.29 bits per heavy atom. The maximum absolute atomic E-state index is 11.0. The van der Waals surface area contributed by atoms with E-state index in [0.717, 1.165) is 5.56 Å². The largest absolute Gasteiger partial charge is 0.430 e. The van der Waals surface area contributed by atoms with Gasteiger partial charge in [-0.05, 0) is 24.6 Å². The summed E-state index contributed by atoms with van der Waals surface area (Å²) in [7, 11) is 1.64. The summed E-state index contributed by atoms with van der Waals surface area (Å²) in [6.45, 7) is 1.80. The standard InChI is InChI=1S/C13H11Cl2N3O3/c1-7-3-4-10(18(19)20)11(5-7)21-13-9(15)6-8(14)12(16-2)17-13/h3-6H,1-2H3,(H,16,17). The SMILES string of the molecule is CNc1nc(Oc2cc(C)ccc2[N+](=O)[O-])c(Cl)cc1Cl. The Hall–Kier alpha value is -2.05. The Bertz CT molecular complexity index is 707. The van der Waals surface area contributed by atoms with Crippen LogP contribution >= 0.6 is 23.2 Å². The normalized spacial score (nSPS) is 10.3. The van der Waals surface area contributed by atoms with Crippen molar-refractivity contribution in [1.29, 1.82) is 0 Å². The van der Waals surface area contributed by atoms with E-state index in [2.05, 4.69) is 10.3 Å². The molecule has 0 spiro atoms. The predicted molar refractivity (Wildman–Crippen MR) is 81.7 cm³/mol. The molecular weight excluding hydrogens is 317 g/mol. The minimum absolute atomic E-state index is 0.0408. The molecule has 1 N–H and O–H groups in total. The van der Waals surface area contributed by atoms with Crippen molar-refractivity contribution in [3.05, 3.63) is 50.0 Å². The van der Waals surface area contributed by atoms with Gasteiger partial charge >= 0.3 is 5.69 Å². The van der Waals surface area contributed by atoms with Crippen LogP contribution in [-0.4, -0.2) is 17.0 Å². The number of nitro groups is 1. The number of aromatic nitrogens is 1. The zero-order valence-electron chi connectivity index (χ0n) is 11.2. The number of nitrogens with one attached hydrogen (secondary N) is 1. The van der Waals surface area contributed by atoms with Crippen molar-refractivity contribution in [2.24, 2.45) is 0 Å². The summed E-state index contributed by atoms with van der Waals surface area (Å²) in [5.74, 6) is 0.476. The second-order valence-corrected chi connectivity index (χ2v) is 5.00. The van der Waals surface area contributed by atoms with Gasteiger partial charge in [-0.15, -0.1) is 0 Å². The zero-order chi connectivity index (χ0) is 15.6. The minimum atomic E-state index is -0.530. The van der Waals surface area contributed by atoms with Gasteiger partial charge in [-0.2, -0.15) is 4.98 Å². The number of aryl methyl sites for hydroxylation is 1. The number of rotatable bonds is 4. The highest BCUT2D eigenvalue weighted by Crippen LogP contribution is 2.37. The highest BCUT2D eigenvalue weighted by atomic mass is 35.5. The molecule has 0 radical (unpaired) electrons. The first-order chi connectivity index (χ1) is 9.92. The van der Waals surface area contributed by atoms with Gasteiger partial charge in [0.1, 0.15) is 10.8 Å². The number of pyridine rings is 1. The average Bonchev–Trinajstić information content (AvgIpc) is 2.41. The number of halogens is 2. The lowest BCUT2D eigenvalue weighted by Gasteiger charge is -2.10. The Kier molecular flexibility index (Phi) is 4.50. The molecule has 8 heteroatoms. The molecule has 0 atom stereocenters. The van der Waals surface area contributed by atoms with Gasteiger partial charge in [0.25, 0.3) is 0 Å². The molecule has 0 saturated carbocycles. The first-order valence-electron chi connectivity index (χ1n) is 5.89. The first kappa shape index (κ1) is 15.3. The van der Waals surface area contributed by atoms with Crippen molar-refractivity contribution in [2.45, 2.75) is 6.92 Å². The molecule has 0 amide bonds. The van der Waals surface area contributed by atoms with Crippen LogP contribution in [0.15, 0.2) is 24.3 Å². The zero-order valence-corrected chi connectivity index (χ0v) is 12.7. The van der Waals surface area contributed by atoms with Gasteiger partial charge in [0.05, 0.1) is 9.95 Å². The van der Waals surface area contributed by atoms with Crippen molar-refractivity contribution in [3.8, 4) is 11.6 Å². The van der Waals surface area contributed by atoms with Crippen LogP contribution in [0.25, 0.3) is 0 Å². The molecule has 0 aliphatic rings. The summed E-state index contributed by atoms with van der Waals surface area (Å²) in [6, 6.07) is 6.00. The van der Waals surface area contributed by atoms with Gasteiger partial charge < -0.3 is 10.1 Å². The smallest absolute Gasteiger partial charge is 0.311 e. The van der Waals surface area contributed by atoms with Gasteiger partial charge in [0, 0.05) is 13.1 Å². The summed E-state index contributed by atoms with van der Waals surface area (Å²) < 4.78 is 5.50. The summed E-state index contributed by atoms with van der Waals surface area (Å²) in [5, 5.41) is 14.3. The molecule has 0 aliphatic heterocycles. The molecule has 0 saturated heterocycles. The van der Waals surface area contributed by atoms with E-state index in [4.69, 9.17) is 27.9 Å². The molecular formula is C13H11Cl2N3O3.